The molecule has 0 saturated carbocycles. The first-order valence-electron chi connectivity index (χ1n) is 5.05. The Balaban J connectivity index is 2.49. The molecule has 4 nitrogen and oxygen atoms in total. The highest BCUT2D eigenvalue weighted by Crippen LogP contribution is 2.12. The summed E-state index contributed by atoms with van der Waals surface area (Å²) < 4.78 is 0. The lowest BCUT2D eigenvalue weighted by Gasteiger charge is -2.16. The minimum atomic E-state index is 0.0498. The smallest absolute Gasteiger partial charge is 0.236 e. The van der Waals surface area contributed by atoms with E-state index in [1.54, 1.807) is 31.3 Å². The Kier molecular flexibility index (Phi) is 4.71. The highest BCUT2D eigenvalue weighted by Gasteiger charge is 2.08. The maximum absolute atomic E-state index is 11.4. The summed E-state index contributed by atoms with van der Waals surface area (Å²) in [6, 6.07) is 3.71. The molecule has 0 fully saturated rings. The van der Waals surface area contributed by atoms with E-state index in [0.717, 1.165) is 5.56 Å². The molecule has 0 aliphatic heterocycles. The summed E-state index contributed by atoms with van der Waals surface area (Å²) in [4.78, 5) is 16.9. The first-order valence-corrected chi connectivity index (χ1v) is 5.43. The van der Waals surface area contributed by atoms with E-state index in [0.29, 0.717) is 11.7 Å². The molecule has 1 heterocycles. The Labute approximate surface area is 101 Å². The molecule has 5 heteroatoms. The number of rotatable bonds is 4. The lowest BCUT2D eigenvalue weighted by Crippen LogP contribution is -2.34. The van der Waals surface area contributed by atoms with Crippen molar-refractivity contribution in [2.45, 2.75) is 13.0 Å². The third-order valence-electron chi connectivity index (χ3n) is 2.31. The van der Waals surface area contributed by atoms with Crippen LogP contribution in [0.2, 0.25) is 5.15 Å². The second-order valence-corrected chi connectivity index (χ2v) is 4.19. The monoisotopic (exact) mass is 241 g/mol. The average molecular weight is 242 g/mol. The van der Waals surface area contributed by atoms with Gasteiger partial charge in [0, 0.05) is 26.3 Å². The van der Waals surface area contributed by atoms with Crippen molar-refractivity contribution in [1.82, 2.24) is 15.2 Å². The van der Waals surface area contributed by atoms with Gasteiger partial charge in [0.25, 0.3) is 0 Å². The molecule has 1 aromatic heterocycles. The second-order valence-electron chi connectivity index (χ2n) is 3.81. The second kappa shape index (κ2) is 5.82. The van der Waals surface area contributed by atoms with E-state index in [1.165, 1.54) is 0 Å². The van der Waals surface area contributed by atoms with Crippen LogP contribution in [-0.4, -0.2) is 36.4 Å². The third-order valence-corrected chi connectivity index (χ3v) is 2.53. The van der Waals surface area contributed by atoms with Crippen LogP contribution in [0.5, 0.6) is 0 Å². The fourth-order valence-electron chi connectivity index (χ4n) is 1.16. The summed E-state index contributed by atoms with van der Waals surface area (Å²) in [7, 11) is 3.47. The largest absolute Gasteiger partial charge is 0.348 e. The molecule has 1 aromatic rings. The van der Waals surface area contributed by atoms with Crippen LogP contribution in [0.15, 0.2) is 18.3 Å². The molecule has 0 radical (unpaired) electrons. The quantitative estimate of drug-likeness (QED) is 0.813. The molecule has 1 amide bonds. The van der Waals surface area contributed by atoms with E-state index < -0.39 is 0 Å². The summed E-state index contributed by atoms with van der Waals surface area (Å²) >= 11 is 5.69. The summed E-state index contributed by atoms with van der Waals surface area (Å²) in [5.74, 6) is 0.0498. The van der Waals surface area contributed by atoms with E-state index in [1.807, 2.05) is 13.0 Å². The molecular formula is C11H16ClN3O. The molecule has 16 heavy (non-hydrogen) atoms. The zero-order valence-corrected chi connectivity index (χ0v) is 10.5. The van der Waals surface area contributed by atoms with E-state index >= 15 is 0 Å². The minimum absolute atomic E-state index is 0.0498. The number of halogens is 1. The van der Waals surface area contributed by atoms with Crippen LogP contribution in [0, 0.1) is 0 Å². The molecule has 0 saturated heterocycles. The standard InChI is InChI=1S/C11H16ClN3O/c1-8(13-7-11(16)15(2)3)9-4-5-10(12)14-6-9/h4-6,8,13H,7H2,1-3H3. The molecular weight excluding hydrogens is 226 g/mol. The third kappa shape index (κ3) is 3.79. The van der Waals surface area contributed by atoms with Crippen LogP contribution in [0.25, 0.3) is 0 Å². The number of hydrogen-bond donors (Lipinski definition) is 1. The predicted molar refractivity (Wildman–Crippen MR) is 64.4 cm³/mol. The van der Waals surface area contributed by atoms with Crippen LogP contribution in [0.3, 0.4) is 0 Å². The number of aromatic nitrogens is 1. The van der Waals surface area contributed by atoms with Crippen molar-refractivity contribution in [3.63, 3.8) is 0 Å². The Morgan fingerprint density at radius 3 is 2.75 bits per heavy atom. The lowest BCUT2D eigenvalue weighted by atomic mass is 10.1. The van der Waals surface area contributed by atoms with Gasteiger partial charge in [-0.25, -0.2) is 4.98 Å². The van der Waals surface area contributed by atoms with Crippen molar-refractivity contribution in [2.24, 2.45) is 0 Å². The number of amides is 1. The Bertz CT molecular complexity index is 351. The number of nitrogens with zero attached hydrogens (tertiary/aromatic N) is 2. The van der Waals surface area contributed by atoms with Crippen molar-refractivity contribution in [3.8, 4) is 0 Å². The molecule has 1 N–H and O–H groups in total. The molecule has 1 unspecified atom stereocenters. The van der Waals surface area contributed by atoms with E-state index in [9.17, 15) is 4.79 Å². The number of hydrogen-bond acceptors (Lipinski definition) is 3. The molecule has 1 rings (SSSR count). The highest BCUT2D eigenvalue weighted by molar-refractivity contribution is 6.29. The van der Waals surface area contributed by atoms with E-state index in [2.05, 4.69) is 10.3 Å². The van der Waals surface area contributed by atoms with Gasteiger partial charge in [0.2, 0.25) is 5.91 Å². The van der Waals surface area contributed by atoms with Gasteiger partial charge in [-0.2, -0.15) is 0 Å². The zero-order chi connectivity index (χ0) is 12.1. The maximum atomic E-state index is 11.4. The topological polar surface area (TPSA) is 45.2 Å². The Morgan fingerprint density at radius 2 is 2.25 bits per heavy atom. The van der Waals surface area contributed by atoms with Gasteiger partial charge in [0.15, 0.2) is 0 Å². The fourth-order valence-corrected chi connectivity index (χ4v) is 1.27. The lowest BCUT2D eigenvalue weighted by molar-refractivity contribution is -0.127. The van der Waals surface area contributed by atoms with Crippen LogP contribution >= 0.6 is 11.6 Å². The minimum Gasteiger partial charge on any atom is -0.348 e. The molecule has 0 spiro atoms. The number of likely N-dealkylation sites (N-methyl/N-ethyl adjacent to an activating group) is 1. The van der Waals surface area contributed by atoms with Crippen molar-refractivity contribution >= 4 is 17.5 Å². The highest BCUT2D eigenvalue weighted by atomic mass is 35.5. The van der Waals surface area contributed by atoms with Crippen LogP contribution in [0.1, 0.15) is 18.5 Å². The van der Waals surface area contributed by atoms with Crippen LogP contribution < -0.4 is 5.32 Å². The van der Waals surface area contributed by atoms with Crippen molar-refractivity contribution in [2.75, 3.05) is 20.6 Å². The molecule has 0 aromatic carbocycles. The normalized spacial score (nSPS) is 12.2. The summed E-state index contributed by atoms with van der Waals surface area (Å²) in [5, 5.41) is 3.60. The predicted octanol–water partition coefficient (Wildman–Crippen LogP) is 1.47. The van der Waals surface area contributed by atoms with E-state index in [4.69, 9.17) is 11.6 Å². The first kappa shape index (κ1) is 12.9. The number of nitrogens with one attached hydrogen (secondary N) is 1. The Morgan fingerprint density at radius 1 is 1.56 bits per heavy atom. The molecule has 1 atom stereocenters. The molecule has 0 aliphatic carbocycles. The van der Waals surface area contributed by atoms with Gasteiger partial charge >= 0.3 is 0 Å². The fraction of sp³-hybridized carbons (Fsp3) is 0.455. The van der Waals surface area contributed by atoms with E-state index in [-0.39, 0.29) is 11.9 Å². The van der Waals surface area contributed by atoms with Crippen LogP contribution in [-0.2, 0) is 4.79 Å². The average Bonchev–Trinajstić information content (AvgIpc) is 2.26. The first-order chi connectivity index (χ1) is 7.50. The van der Waals surface area contributed by atoms with Gasteiger partial charge in [-0.1, -0.05) is 17.7 Å². The Hall–Kier alpha value is -1.13. The number of pyridine rings is 1. The summed E-state index contributed by atoms with van der Waals surface area (Å²) in [5.41, 5.74) is 1.01. The SMILES string of the molecule is CC(NCC(=O)N(C)C)c1ccc(Cl)nc1. The summed E-state index contributed by atoms with van der Waals surface area (Å²) in [6.45, 7) is 2.30. The van der Waals surface area contributed by atoms with Crippen LogP contribution in [0.4, 0.5) is 0 Å². The van der Waals surface area contributed by atoms with Gasteiger partial charge in [-0.05, 0) is 18.6 Å². The summed E-state index contributed by atoms with van der Waals surface area (Å²) in [6.07, 6.45) is 1.71. The van der Waals surface area contributed by atoms with Gasteiger partial charge in [0.05, 0.1) is 6.54 Å². The number of carbonyl (C=O) groups is 1. The molecule has 88 valence electrons. The van der Waals surface area contributed by atoms with Gasteiger partial charge in [-0.3, -0.25) is 4.79 Å². The molecule has 0 aliphatic rings. The zero-order valence-electron chi connectivity index (χ0n) is 9.70. The van der Waals surface area contributed by atoms with Crippen molar-refractivity contribution in [3.05, 3.63) is 29.0 Å². The maximum Gasteiger partial charge on any atom is 0.236 e. The molecule has 0 bridgehead atoms. The van der Waals surface area contributed by atoms with Crippen molar-refractivity contribution in [1.29, 1.82) is 0 Å². The van der Waals surface area contributed by atoms with Crippen molar-refractivity contribution < 1.29 is 4.79 Å². The van der Waals surface area contributed by atoms with Gasteiger partial charge < -0.3 is 10.2 Å². The number of carbonyl (C=O) groups excluding carboxylic acids is 1. The van der Waals surface area contributed by atoms with Gasteiger partial charge in [0.1, 0.15) is 5.15 Å². The van der Waals surface area contributed by atoms with Gasteiger partial charge in [-0.15, -0.1) is 0 Å².